The monoisotopic (exact) mass is 270 g/mol. The lowest BCUT2D eigenvalue weighted by atomic mass is 9.97. The van der Waals surface area contributed by atoms with E-state index >= 15 is 0 Å². The van der Waals surface area contributed by atoms with Crippen molar-refractivity contribution in [2.24, 2.45) is 5.10 Å². The van der Waals surface area contributed by atoms with Crippen LogP contribution in [0.1, 0.15) is 29.2 Å². The Hall–Kier alpha value is -2.36. The summed E-state index contributed by atoms with van der Waals surface area (Å²) in [4.78, 5) is 0. The second kappa shape index (κ2) is 4.96. The summed E-state index contributed by atoms with van der Waals surface area (Å²) in [5.74, 6) is 0.0498. The zero-order valence-corrected chi connectivity index (χ0v) is 11.1. The number of phenols is 1. The molecule has 0 aliphatic carbocycles. The van der Waals surface area contributed by atoms with Gasteiger partial charge in [-0.05, 0) is 30.2 Å². The number of nitrogens with zero attached hydrogens (tertiary/aromatic N) is 1. The number of hydrogen-bond acceptors (Lipinski definition) is 3. The second-order valence-corrected chi connectivity index (χ2v) is 4.96. The largest absolute Gasteiger partial charge is 0.507 e. The van der Waals surface area contributed by atoms with Crippen molar-refractivity contribution in [2.75, 3.05) is 0 Å². The second-order valence-electron chi connectivity index (χ2n) is 4.96. The van der Waals surface area contributed by atoms with Crippen LogP contribution >= 0.6 is 0 Å². The van der Waals surface area contributed by atoms with Crippen molar-refractivity contribution >= 4 is 5.71 Å². The van der Waals surface area contributed by atoms with E-state index < -0.39 is 0 Å². The Morgan fingerprint density at radius 2 is 1.95 bits per heavy atom. The third-order valence-corrected chi connectivity index (χ3v) is 3.57. The molecule has 1 aliphatic rings. The predicted octanol–water partition coefficient (Wildman–Crippen LogP) is 3.28. The maximum absolute atomic E-state index is 12.9. The van der Waals surface area contributed by atoms with Gasteiger partial charge in [0.2, 0.25) is 0 Å². The van der Waals surface area contributed by atoms with E-state index in [2.05, 4.69) is 10.5 Å². The SMILES string of the molecule is Cc1cccc(C2CC(c3ccc(F)cc3)=NN2)c1O. The van der Waals surface area contributed by atoms with Gasteiger partial charge in [0.05, 0.1) is 11.8 Å². The fourth-order valence-electron chi connectivity index (χ4n) is 2.41. The Labute approximate surface area is 116 Å². The molecule has 0 spiro atoms. The van der Waals surface area contributed by atoms with E-state index in [9.17, 15) is 9.50 Å². The molecule has 0 fully saturated rings. The van der Waals surface area contributed by atoms with Crippen LogP contribution < -0.4 is 5.43 Å². The molecule has 1 heterocycles. The summed E-state index contributed by atoms with van der Waals surface area (Å²) in [5.41, 5.74) is 6.49. The summed E-state index contributed by atoms with van der Waals surface area (Å²) in [6, 6.07) is 11.9. The average Bonchev–Trinajstić information content (AvgIpc) is 2.92. The Morgan fingerprint density at radius 1 is 1.20 bits per heavy atom. The van der Waals surface area contributed by atoms with Crippen molar-refractivity contribution in [2.45, 2.75) is 19.4 Å². The number of aryl methyl sites for hydroxylation is 1. The average molecular weight is 270 g/mol. The van der Waals surface area contributed by atoms with Crippen LogP contribution in [0.4, 0.5) is 4.39 Å². The van der Waals surface area contributed by atoms with E-state index in [4.69, 9.17) is 0 Å². The highest BCUT2D eigenvalue weighted by atomic mass is 19.1. The lowest BCUT2D eigenvalue weighted by Gasteiger charge is -2.13. The Balaban J connectivity index is 1.82. The molecule has 2 aromatic rings. The van der Waals surface area contributed by atoms with Crippen molar-refractivity contribution in [1.29, 1.82) is 0 Å². The van der Waals surface area contributed by atoms with E-state index in [0.717, 1.165) is 22.4 Å². The van der Waals surface area contributed by atoms with Crippen molar-refractivity contribution in [3.05, 3.63) is 65.0 Å². The number of para-hydroxylation sites is 1. The fraction of sp³-hybridized carbons (Fsp3) is 0.188. The summed E-state index contributed by atoms with van der Waals surface area (Å²) in [6.45, 7) is 1.87. The van der Waals surface area contributed by atoms with Crippen molar-refractivity contribution in [3.8, 4) is 5.75 Å². The molecule has 0 saturated carbocycles. The number of aromatic hydroxyl groups is 1. The number of nitrogens with one attached hydrogen (secondary N) is 1. The van der Waals surface area contributed by atoms with Gasteiger partial charge < -0.3 is 10.5 Å². The third-order valence-electron chi connectivity index (χ3n) is 3.57. The molecule has 20 heavy (non-hydrogen) atoms. The van der Waals surface area contributed by atoms with Crippen LogP contribution in [-0.4, -0.2) is 10.8 Å². The number of halogens is 1. The quantitative estimate of drug-likeness (QED) is 0.879. The molecular formula is C16H15FN2O. The smallest absolute Gasteiger partial charge is 0.123 e. The molecule has 1 aliphatic heterocycles. The lowest BCUT2D eigenvalue weighted by molar-refractivity contribution is 0.451. The van der Waals surface area contributed by atoms with Gasteiger partial charge >= 0.3 is 0 Å². The minimum absolute atomic E-state index is 0.0463. The summed E-state index contributed by atoms with van der Waals surface area (Å²) < 4.78 is 12.9. The van der Waals surface area contributed by atoms with Crippen LogP contribution in [0, 0.1) is 12.7 Å². The molecule has 3 rings (SSSR count). The highest BCUT2D eigenvalue weighted by Crippen LogP contribution is 2.32. The maximum atomic E-state index is 12.9. The number of hydrazone groups is 1. The highest BCUT2D eigenvalue weighted by molar-refractivity contribution is 6.01. The van der Waals surface area contributed by atoms with Gasteiger partial charge in [0.25, 0.3) is 0 Å². The molecule has 2 aromatic carbocycles. The number of rotatable bonds is 2. The first-order valence-corrected chi connectivity index (χ1v) is 6.51. The first-order valence-electron chi connectivity index (χ1n) is 6.51. The van der Waals surface area contributed by atoms with Gasteiger partial charge in [-0.15, -0.1) is 0 Å². The van der Waals surface area contributed by atoms with Crippen LogP contribution in [0.5, 0.6) is 5.75 Å². The van der Waals surface area contributed by atoms with Crippen molar-refractivity contribution < 1.29 is 9.50 Å². The van der Waals surface area contributed by atoms with E-state index in [1.165, 1.54) is 12.1 Å². The molecule has 0 saturated heterocycles. The summed E-state index contributed by atoms with van der Waals surface area (Å²) in [5, 5.41) is 14.4. The molecule has 4 heteroatoms. The zero-order valence-electron chi connectivity index (χ0n) is 11.1. The fourth-order valence-corrected chi connectivity index (χ4v) is 2.41. The molecular weight excluding hydrogens is 255 g/mol. The minimum atomic E-state index is -0.256. The summed E-state index contributed by atoms with van der Waals surface area (Å²) in [7, 11) is 0. The van der Waals surface area contributed by atoms with Gasteiger partial charge in [0, 0.05) is 12.0 Å². The van der Waals surface area contributed by atoms with Gasteiger partial charge in [0.1, 0.15) is 11.6 Å². The van der Waals surface area contributed by atoms with Crippen LogP contribution in [0.3, 0.4) is 0 Å². The normalized spacial score (nSPS) is 17.7. The van der Waals surface area contributed by atoms with Crippen molar-refractivity contribution in [3.63, 3.8) is 0 Å². The van der Waals surface area contributed by atoms with Crippen LogP contribution in [0.25, 0.3) is 0 Å². The lowest BCUT2D eigenvalue weighted by Crippen LogP contribution is -2.10. The first-order chi connectivity index (χ1) is 9.65. The molecule has 1 unspecified atom stereocenters. The Morgan fingerprint density at radius 3 is 2.70 bits per heavy atom. The molecule has 0 amide bonds. The number of hydrogen-bond donors (Lipinski definition) is 2. The molecule has 0 bridgehead atoms. The van der Waals surface area contributed by atoms with E-state index in [-0.39, 0.29) is 11.9 Å². The minimum Gasteiger partial charge on any atom is -0.507 e. The number of benzene rings is 2. The van der Waals surface area contributed by atoms with E-state index in [0.29, 0.717) is 12.2 Å². The van der Waals surface area contributed by atoms with Gasteiger partial charge in [-0.3, -0.25) is 0 Å². The van der Waals surface area contributed by atoms with Crippen LogP contribution in [-0.2, 0) is 0 Å². The topological polar surface area (TPSA) is 44.6 Å². The third kappa shape index (κ3) is 2.25. The van der Waals surface area contributed by atoms with E-state index in [1.807, 2.05) is 25.1 Å². The molecule has 1 atom stereocenters. The highest BCUT2D eigenvalue weighted by Gasteiger charge is 2.23. The van der Waals surface area contributed by atoms with Gasteiger partial charge in [-0.2, -0.15) is 5.10 Å². The van der Waals surface area contributed by atoms with Crippen molar-refractivity contribution in [1.82, 2.24) is 5.43 Å². The maximum Gasteiger partial charge on any atom is 0.123 e. The standard InChI is InChI=1S/C16H15FN2O/c1-10-3-2-4-13(16(10)20)15-9-14(18-19-15)11-5-7-12(17)8-6-11/h2-8,15,19-20H,9H2,1H3. The van der Waals surface area contributed by atoms with Crippen LogP contribution in [0.15, 0.2) is 47.6 Å². The van der Waals surface area contributed by atoms with Gasteiger partial charge in [-0.1, -0.05) is 30.3 Å². The predicted molar refractivity (Wildman–Crippen MR) is 76.3 cm³/mol. The Kier molecular flexibility index (Phi) is 3.14. The summed E-state index contributed by atoms with van der Waals surface area (Å²) >= 11 is 0. The molecule has 102 valence electrons. The molecule has 2 N–H and O–H groups in total. The van der Waals surface area contributed by atoms with Gasteiger partial charge in [-0.25, -0.2) is 4.39 Å². The Bertz CT molecular complexity index is 665. The van der Waals surface area contributed by atoms with Crippen LogP contribution in [0.2, 0.25) is 0 Å². The summed E-state index contributed by atoms with van der Waals surface area (Å²) in [6.07, 6.45) is 0.669. The molecule has 0 radical (unpaired) electrons. The molecule has 3 nitrogen and oxygen atoms in total. The zero-order chi connectivity index (χ0) is 14.1. The van der Waals surface area contributed by atoms with E-state index in [1.54, 1.807) is 12.1 Å². The van der Waals surface area contributed by atoms with Gasteiger partial charge in [0.15, 0.2) is 0 Å². The first kappa shape index (κ1) is 12.7. The molecule has 0 aromatic heterocycles. The number of phenolic OH excluding ortho intramolecular Hbond substituents is 1.